The van der Waals surface area contributed by atoms with Crippen molar-refractivity contribution < 1.29 is 4.79 Å². The molecule has 1 aromatic carbocycles. The summed E-state index contributed by atoms with van der Waals surface area (Å²) in [7, 11) is 0. The van der Waals surface area contributed by atoms with E-state index >= 15 is 0 Å². The van der Waals surface area contributed by atoms with Crippen LogP contribution in [0.3, 0.4) is 0 Å². The summed E-state index contributed by atoms with van der Waals surface area (Å²) < 4.78 is 0. The number of carbonyl (C=O) groups is 1. The van der Waals surface area contributed by atoms with E-state index in [1.165, 1.54) is 5.57 Å². The molecule has 0 radical (unpaired) electrons. The van der Waals surface area contributed by atoms with E-state index in [-0.39, 0.29) is 0 Å². The fraction of sp³-hybridized carbons (Fsp3) is 0.308. The maximum atomic E-state index is 10.9. The predicted octanol–water partition coefficient (Wildman–Crippen LogP) is 2.49. The first kappa shape index (κ1) is 13.7. The zero-order valence-corrected chi connectivity index (χ0v) is 10.8. The average Bonchev–Trinajstić information content (AvgIpc) is 2.25. The number of primary amides is 1. The number of hydrogen-bond acceptors (Lipinski definition) is 2. The molecule has 17 heavy (non-hydrogen) atoms. The number of allylic oxidation sites excluding steroid dienone is 1. The molecule has 3 N–H and O–H groups in total. The predicted molar refractivity (Wildman–Crippen MR) is 71.1 cm³/mol. The van der Waals surface area contributed by atoms with Gasteiger partial charge in [0.1, 0.15) is 0 Å². The lowest BCUT2D eigenvalue weighted by Gasteiger charge is -2.06. The highest BCUT2D eigenvalue weighted by Gasteiger charge is 2.04. The van der Waals surface area contributed by atoms with Gasteiger partial charge in [-0.05, 0) is 31.5 Å². The van der Waals surface area contributed by atoms with Crippen LogP contribution in [0.2, 0.25) is 5.02 Å². The van der Waals surface area contributed by atoms with Gasteiger partial charge in [0.05, 0.1) is 0 Å². The lowest BCUT2D eigenvalue weighted by Crippen LogP contribution is -2.15. The van der Waals surface area contributed by atoms with Gasteiger partial charge in [-0.3, -0.25) is 4.79 Å². The van der Waals surface area contributed by atoms with Gasteiger partial charge in [0.2, 0.25) is 5.91 Å². The van der Waals surface area contributed by atoms with Gasteiger partial charge >= 0.3 is 0 Å². The largest absolute Gasteiger partial charge is 0.366 e. The Hall–Kier alpha value is -1.32. The summed E-state index contributed by atoms with van der Waals surface area (Å²) in [5, 5.41) is 3.81. The van der Waals surface area contributed by atoms with E-state index in [0.717, 1.165) is 12.1 Å². The molecule has 1 amide bonds. The number of hydrogen-bond donors (Lipinski definition) is 2. The molecule has 0 atom stereocenters. The number of benzene rings is 1. The van der Waals surface area contributed by atoms with Gasteiger partial charge in [-0.2, -0.15) is 0 Å². The molecule has 0 spiro atoms. The summed E-state index contributed by atoms with van der Waals surface area (Å²) in [4.78, 5) is 10.9. The van der Waals surface area contributed by atoms with Crippen LogP contribution in [0.25, 0.3) is 0 Å². The monoisotopic (exact) mass is 252 g/mol. The van der Waals surface area contributed by atoms with E-state index in [1.807, 2.05) is 6.07 Å². The summed E-state index contributed by atoms with van der Waals surface area (Å²) in [6.45, 7) is 5.57. The van der Waals surface area contributed by atoms with Crippen LogP contribution >= 0.6 is 11.6 Å². The fourth-order valence-electron chi connectivity index (χ4n) is 1.33. The van der Waals surface area contributed by atoms with Crippen LogP contribution in [0, 0.1) is 0 Å². The Bertz CT molecular complexity index is 437. The number of carbonyl (C=O) groups excluding carboxylic acids is 1. The van der Waals surface area contributed by atoms with Crippen molar-refractivity contribution >= 4 is 17.5 Å². The first-order valence-corrected chi connectivity index (χ1v) is 5.81. The lowest BCUT2D eigenvalue weighted by molar-refractivity contribution is 0.100. The number of nitrogens with two attached hydrogens (primary N) is 1. The molecule has 92 valence electrons. The molecule has 0 aliphatic carbocycles. The number of nitrogens with one attached hydrogen (secondary N) is 1. The zero-order chi connectivity index (χ0) is 12.8. The molecule has 0 heterocycles. The molecule has 0 aliphatic rings. The molecular formula is C13H17ClN2O. The van der Waals surface area contributed by atoms with Crippen molar-refractivity contribution in [2.45, 2.75) is 20.4 Å². The molecule has 0 fully saturated rings. The minimum absolute atomic E-state index is 0.433. The standard InChI is InChI=1S/C13H17ClN2O/c1-9(2)5-6-16-8-11-4-3-10(13(15)17)7-12(11)14/h3-5,7,16H,6,8H2,1-2H3,(H2,15,17). The quantitative estimate of drug-likeness (QED) is 0.625. The Morgan fingerprint density at radius 3 is 2.71 bits per heavy atom. The smallest absolute Gasteiger partial charge is 0.248 e. The van der Waals surface area contributed by atoms with Crippen molar-refractivity contribution in [3.8, 4) is 0 Å². The maximum absolute atomic E-state index is 10.9. The average molecular weight is 253 g/mol. The molecule has 0 unspecified atom stereocenters. The molecule has 1 rings (SSSR count). The number of halogens is 1. The number of rotatable bonds is 5. The Balaban J connectivity index is 2.61. The van der Waals surface area contributed by atoms with Crippen LogP contribution in [0.5, 0.6) is 0 Å². The SMILES string of the molecule is CC(C)=CCNCc1ccc(C(N)=O)cc1Cl. The highest BCUT2D eigenvalue weighted by molar-refractivity contribution is 6.31. The second-order valence-corrected chi connectivity index (χ2v) is 4.49. The van der Waals surface area contributed by atoms with E-state index in [0.29, 0.717) is 17.1 Å². The number of amides is 1. The van der Waals surface area contributed by atoms with Crippen molar-refractivity contribution in [3.63, 3.8) is 0 Å². The van der Waals surface area contributed by atoms with Crippen LogP contribution in [0.1, 0.15) is 29.8 Å². The van der Waals surface area contributed by atoms with E-state index in [4.69, 9.17) is 17.3 Å². The van der Waals surface area contributed by atoms with Crippen LogP contribution in [-0.2, 0) is 6.54 Å². The molecule has 0 saturated carbocycles. The highest BCUT2D eigenvalue weighted by Crippen LogP contribution is 2.17. The minimum atomic E-state index is -0.462. The maximum Gasteiger partial charge on any atom is 0.248 e. The van der Waals surface area contributed by atoms with Crippen LogP contribution < -0.4 is 11.1 Å². The van der Waals surface area contributed by atoms with Gasteiger partial charge < -0.3 is 11.1 Å². The summed E-state index contributed by atoms with van der Waals surface area (Å²) in [5.41, 5.74) is 7.83. The molecule has 0 bridgehead atoms. The fourth-order valence-corrected chi connectivity index (χ4v) is 1.57. The van der Waals surface area contributed by atoms with Crippen molar-refractivity contribution in [2.24, 2.45) is 5.73 Å². The van der Waals surface area contributed by atoms with Gasteiger partial charge in [0, 0.05) is 23.7 Å². The van der Waals surface area contributed by atoms with E-state index in [9.17, 15) is 4.79 Å². The van der Waals surface area contributed by atoms with Crippen LogP contribution in [0.4, 0.5) is 0 Å². The second kappa shape index (κ2) is 6.42. The minimum Gasteiger partial charge on any atom is -0.366 e. The summed E-state index contributed by atoms with van der Waals surface area (Å²) in [5.74, 6) is -0.462. The van der Waals surface area contributed by atoms with Crippen molar-refractivity contribution in [2.75, 3.05) is 6.54 Å². The third-order valence-corrected chi connectivity index (χ3v) is 2.66. The van der Waals surface area contributed by atoms with E-state index < -0.39 is 5.91 Å². The summed E-state index contributed by atoms with van der Waals surface area (Å²) >= 11 is 6.05. The molecular weight excluding hydrogens is 236 g/mol. The van der Waals surface area contributed by atoms with Gasteiger partial charge in [-0.1, -0.05) is 29.3 Å². The van der Waals surface area contributed by atoms with Crippen molar-refractivity contribution in [3.05, 3.63) is 46.0 Å². The Labute approximate surface area is 107 Å². The Morgan fingerprint density at radius 1 is 1.47 bits per heavy atom. The van der Waals surface area contributed by atoms with Gasteiger partial charge in [0.15, 0.2) is 0 Å². The third-order valence-electron chi connectivity index (χ3n) is 2.31. The molecule has 0 saturated heterocycles. The molecule has 0 aliphatic heterocycles. The van der Waals surface area contributed by atoms with E-state index in [2.05, 4.69) is 25.2 Å². The van der Waals surface area contributed by atoms with Crippen LogP contribution in [0.15, 0.2) is 29.8 Å². The Morgan fingerprint density at radius 2 is 2.18 bits per heavy atom. The normalized spacial score (nSPS) is 10.1. The second-order valence-electron chi connectivity index (χ2n) is 4.08. The highest BCUT2D eigenvalue weighted by atomic mass is 35.5. The van der Waals surface area contributed by atoms with Gasteiger partial charge in [-0.15, -0.1) is 0 Å². The van der Waals surface area contributed by atoms with Gasteiger partial charge in [0.25, 0.3) is 0 Å². The zero-order valence-electron chi connectivity index (χ0n) is 10.1. The molecule has 1 aromatic rings. The summed E-state index contributed by atoms with van der Waals surface area (Å²) in [6.07, 6.45) is 2.10. The molecule has 0 aromatic heterocycles. The third kappa shape index (κ3) is 4.59. The van der Waals surface area contributed by atoms with E-state index in [1.54, 1.807) is 12.1 Å². The lowest BCUT2D eigenvalue weighted by atomic mass is 10.1. The van der Waals surface area contributed by atoms with Crippen molar-refractivity contribution in [1.82, 2.24) is 5.32 Å². The van der Waals surface area contributed by atoms with Gasteiger partial charge in [-0.25, -0.2) is 0 Å². The first-order chi connectivity index (χ1) is 8.00. The topological polar surface area (TPSA) is 55.1 Å². The molecule has 4 heteroatoms. The first-order valence-electron chi connectivity index (χ1n) is 5.43. The Kier molecular flexibility index (Phi) is 5.19. The van der Waals surface area contributed by atoms with Crippen molar-refractivity contribution in [1.29, 1.82) is 0 Å². The van der Waals surface area contributed by atoms with Crippen LogP contribution in [-0.4, -0.2) is 12.5 Å². The summed E-state index contributed by atoms with van der Waals surface area (Å²) in [6, 6.07) is 5.10. The molecule has 3 nitrogen and oxygen atoms in total.